The Bertz CT molecular complexity index is 2220. The summed E-state index contributed by atoms with van der Waals surface area (Å²) in [7, 11) is 2.56. The molecule has 5 aromatic rings. The maximum atomic E-state index is 13.3. The van der Waals surface area contributed by atoms with Crippen LogP contribution in [-0.2, 0) is 19.1 Å². The number of imidazole rings is 2. The van der Waals surface area contributed by atoms with E-state index in [0.717, 1.165) is 70.4 Å². The highest BCUT2D eigenvalue weighted by Gasteiger charge is 2.37. The smallest absolute Gasteiger partial charge is 0.407 e. The molecular weight excluding hydrogens is 717 g/mol. The molecule has 0 radical (unpaired) electrons. The third-order valence-electron chi connectivity index (χ3n) is 10.6. The molecule has 0 spiro atoms. The molecule has 6 heterocycles. The molecule has 0 aliphatic carbocycles. The normalized spacial score (nSPS) is 17.8. The van der Waals surface area contributed by atoms with Gasteiger partial charge >= 0.3 is 12.2 Å². The van der Waals surface area contributed by atoms with Gasteiger partial charge in [0.05, 0.1) is 61.1 Å². The van der Waals surface area contributed by atoms with Crippen molar-refractivity contribution in [2.45, 2.75) is 76.5 Å². The minimum atomic E-state index is -0.673. The number of hydrogen-bond acceptors (Lipinski definition) is 10. The Labute approximate surface area is 323 Å². The molecule has 2 aliphatic heterocycles. The van der Waals surface area contributed by atoms with E-state index >= 15 is 0 Å². The first-order valence-electron chi connectivity index (χ1n) is 19.0. The van der Waals surface area contributed by atoms with Gasteiger partial charge in [0.15, 0.2) is 0 Å². The van der Waals surface area contributed by atoms with Crippen LogP contribution in [0.2, 0.25) is 0 Å². The van der Waals surface area contributed by atoms with E-state index in [-0.39, 0.29) is 23.9 Å². The Morgan fingerprint density at radius 3 is 1.59 bits per heavy atom. The van der Waals surface area contributed by atoms with Crippen LogP contribution in [0.3, 0.4) is 0 Å². The number of pyridine rings is 2. The lowest BCUT2D eigenvalue weighted by atomic mass is 10.0. The van der Waals surface area contributed by atoms with E-state index in [1.807, 2.05) is 56.4 Å². The number of nitrogens with zero attached hydrogens (tertiary/aromatic N) is 6. The first-order chi connectivity index (χ1) is 27.2. The summed E-state index contributed by atoms with van der Waals surface area (Å²) in [6.45, 7) is 4.88. The predicted molar refractivity (Wildman–Crippen MR) is 207 cm³/mol. The Balaban J connectivity index is 1.02. The zero-order valence-electron chi connectivity index (χ0n) is 31.9. The van der Waals surface area contributed by atoms with Crippen molar-refractivity contribution < 1.29 is 28.7 Å². The number of carbonyl (C=O) groups excluding carboxylic acids is 4. The van der Waals surface area contributed by atoms with Gasteiger partial charge in [0.25, 0.3) is 0 Å². The molecule has 4 atom stereocenters. The summed E-state index contributed by atoms with van der Waals surface area (Å²) >= 11 is 0. The molecule has 4 N–H and O–H groups in total. The number of likely N-dealkylation sites (tertiary alicyclic amines) is 2. The Hall–Kier alpha value is -6.32. The van der Waals surface area contributed by atoms with Crippen molar-refractivity contribution in [3.8, 4) is 33.6 Å². The van der Waals surface area contributed by atoms with Crippen LogP contribution in [0.25, 0.3) is 44.7 Å². The minimum Gasteiger partial charge on any atom is -0.453 e. The van der Waals surface area contributed by atoms with Gasteiger partial charge in [-0.05, 0) is 61.8 Å². The molecule has 0 saturated carbocycles. The second kappa shape index (κ2) is 16.6. The molecule has 56 heavy (non-hydrogen) atoms. The van der Waals surface area contributed by atoms with Crippen LogP contribution < -0.4 is 10.6 Å². The maximum absolute atomic E-state index is 13.3. The minimum absolute atomic E-state index is 0.146. The fraction of sp³-hybridized carbons (Fsp3) is 0.400. The third-order valence-corrected chi connectivity index (χ3v) is 10.6. The number of ether oxygens (including phenoxy) is 2. The van der Waals surface area contributed by atoms with Gasteiger partial charge in [0.1, 0.15) is 23.7 Å². The lowest BCUT2D eigenvalue weighted by Crippen LogP contribution is -2.48. The predicted octanol–water partition coefficient (Wildman–Crippen LogP) is 5.67. The molecule has 7 rings (SSSR count). The molecule has 4 amide bonds. The summed E-state index contributed by atoms with van der Waals surface area (Å²) in [5, 5.41) is 5.28. The fourth-order valence-corrected chi connectivity index (χ4v) is 7.56. The molecule has 16 heteroatoms. The van der Waals surface area contributed by atoms with Crippen molar-refractivity contribution in [1.29, 1.82) is 0 Å². The van der Waals surface area contributed by atoms with Crippen molar-refractivity contribution in [3.63, 3.8) is 0 Å². The number of H-pyrrole nitrogens is 2. The zero-order chi connectivity index (χ0) is 39.3. The van der Waals surface area contributed by atoms with Crippen LogP contribution in [0.15, 0.2) is 61.2 Å². The van der Waals surface area contributed by atoms with Crippen LogP contribution in [0.4, 0.5) is 9.59 Å². The van der Waals surface area contributed by atoms with Gasteiger partial charge in [-0.2, -0.15) is 0 Å². The molecule has 1 unspecified atom stereocenters. The van der Waals surface area contributed by atoms with E-state index in [9.17, 15) is 19.2 Å². The van der Waals surface area contributed by atoms with Crippen molar-refractivity contribution in [1.82, 2.24) is 50.3 Å². The summed E-state index contributed by atoms with van der Waals surface area (Å²) in [4.78, 5) is 79.4. The van der Waals surface area contributed by atoms with Gasteiger partial charge in [0, 0.05) is 36.6 Å². The molecule has 2 fully saturated rings. The monoisotopic (exact) mass is 762 g/mol. The number of aromatic nitrogens is 6. The van der Waals surface area contributed by atoms with Crippen LogP contribution >= 0.6 is 0 Å². The van der Waals surface area contributed by atoms with E-state index in [0.29, 0.717) is 37.6 Å². The lowest BCUT2D eigenvalue weighted by molar-refractivity contribution is -0.135. The second-order valence-electron chi connectivity index (χ2n) is 14.0. The number of alkyl carbamates (subject to hydrolysis) is 2. The third kappa shape index (κ3) is 7.76. The van der Waals surface area contributed by atoms with Crippen molar-refractivity contribution in [2.24, 2.45) is 0 Å². The largest absolute Gasteiger partial charge is 0.453 e. The zero-order valence-corrected chi connectivity index (χ0v) is 31.9. The van der Waals surface area contributed by atoms with Crippen LogP contribution in [0, 0.1) is 0 Å². The number of amides is 4. The molecule has 292 valence electrons. The van der Waals surface area contributed by atoms with Gasteiger partial charge in [-0.15, -0.1) is 0 Å². The van der Waals surface area contributed by atoms with Gasteiger partial charge in [-0.25, -0.2) is 19.6 Å². The van der Waals surface area contributed by atoms with Crippen LogP contribution in [0.1, 0.15) is 76.1 Å². The van der Waals surface area contributed by atoms with Crippen LogP contribution in [-0.4, -0.2) is 103 Å². The number of carbonyl (C=O) groups is 4. The highest BCUT2D eigenvalue weighted by molar-refractivity contribution is 5.87. The summed E-state index contributed by atoms with van der Waals surface area (Å²) < 4.78 is 9.41. The second-order valence-corrected chi connectivity index (χ2v) is 14.0. The average Bonchev–Trinajstić information content (AvgIpc) is 4.08. The number of nitrogens with one attached hydrogen (secondary N) is 4. The van der Waals surface area contributed by atoms with Gasteiger partial charge in [-0.3, -0.25) is 19.6 Å². The number of aromatic amines is 2. The first kappa shape index (κ1) is 38.0. The van der Waals surface area contributed by atoms with Crippen LogP contribution in [0.5, 0.6) is 0 Å². The summed E-state index contributed by atoms with van der Waals surface area (Å²) in [6.07, 6.45) is 10.00. The van der Waals surface area contributed by atoms with Crippen molar-refractivity contribution in [3.05, 3.63) is 72.8 Å². The van der Waals surface area contributed by atoms with E-state index in [1.165, 1.54) is 14.2 Å². The van der Waals surface area contributed by atoms with E-state index in [4.69, 9.17) is 19.4 Å². The molecular formula is C40H46N10O6. The van der Waals surface area contributed by atoms with Gasteiger partial charge in [-0.1, -0.05) is 38.1 Å². The highest BCUT2D eigenvalue weighted by Crippen LogP contribution is 2.35. The first-order valence-corrected chi connectivity index (χ1v) is 19.0. The van der Waals surface area contributed by atoms with Crippen molar-refractivity contribution in [2.75, 3.05) is 27.3 Å². The molecule has 0 bridgehead atoms. The Morgan fingerprint density at radius 2 is 1.11 bits per heavy atom. The summed E-state index contributed by atoms with van der Waals surface area (Å²) in [6, 6.07) is 10.3. The number of methoxy groups -OCH3 is 2. The molecule has 1 aromatic carbocycles. The van der Waals surface area contributed by atoms with Gasteiger partial charge < -0.3 is 39.9 Å². The summed E-state index contributed by atoms with van der Waals surface area (Å²) in [5.41, 5.74) is 6.75. The summed E-state index contributed by atoms with van der Waals surface area (Å²) in [5.74, 6) is 1.09. The molecule has 16 nitrogen and oxygen atoms in total. The van der Waals surface area contributed by atoms with E-state index in [2.05, 4.69) is 30.6 Å². The maximum Gasteiger partial charge on any atom is 0.407 e. The number of benzene rings is 1. The Kier molecular flexibility index (Phi) is 11.2. The number of hydrogen-bond donors (Lipinski definition) is 4. The van der Waals surface area contributed by atoms with E-state index < -0.39 is 24.3 Å². The standard InChI is InChI=1S/C40H46N10O6/c1-5-27(47-39(53)55-3)37(51)49-15-7-9-33(49)35-43-21-31(45-35)24-13-11-23(12-14-24)25-17-29-30(41-19-25)18-26(20-42-29)32-22-44-36(46-32)34-10-8-16-50(34)38(52)28(6-2)48-40(54)56-4/h11-14,17-22,27-28,33-34H,5-10,15-16H2,1-4H3,(H,43,45)(H,44,46)(H,47,53)(H,48,54)/t27-,28-,33-,34?/m0/s1. The topological polar surface area (TPSA) is 200 Å². The number of fused-ring (bicyclic) bond motifs is 1. The van der Waals surface area contributed by atoms with E-state index in [1.54, 1.807) is 28.4 Å². The SMILES string of the molecule is CC[C@H](NC(=O)OC)C(=O)N1CCCC1c1ncc(-c2cnc3cc(-c4ccc(-c5cnc([C@@H]6CCCN6C(=O)[C@H](CC)NC(=O)OC)[nH]5)cc4)cnc3c2)[nH]1. The average molecular weight is 763 g/mol. The van der Waals surface area contributed by atoms with Crippen molar-refractivity contribution >= 4 is 35.0 Å². The lowest BCUT2D eigenvalue weighted by Gasteiger charge is -2.27. The highest BCUT2D eigenvalue weighted by atomic mass is 16.5. The van der Waals surface area contributed by atoms with Gasteiger partial charge in [0.2, 0.25) is 11.8 Å². The quantitative estimate of drug-likeness (QED) is 0.130. The molecule has 4 aromatic heterocycles. The fourth-order valence-electron chi connectivity index (χ4n) is 7.56. The Morgan fingerprint density at radius 1 is 0.661 bits per heavy atom. The number of rotatable bonds is 11. The molecule has 2 saturated heterocycles. The molecule has 2 aliphatic rings.